The van der Waals surface area contributed by atoms with Crippen LogP contribution in [0.1, 0.15) is 17.3 Å². The van der Waals surface area contributed by atoms with Crippen LogP contribution in [0, 0.1) is 0 Å². The number of sulfone groups is 1. The molecule has 2 N–H and O–H groups in total. The van der Waals surface area contributed by atoms with E-state index in [1.165, 1.54) is 18.2 Å². The molecule has 1 unspecified atom stereocenters. The minimum Gasteiger partial charge on any atom is -0.478 e. The van der Waals surface area contributed by atoms with Gasteiger partial charge in [-0.15, -0.1) is 0 Å². The highest BCUT2D eigenvalue weighted by molar-refractivity contribution is 7.91. The molecule has 0 saturated heterocycles. The molecule has 0 amide bonds. The predicted molar refractivity (Wildman–Crippen MR) is 58.5 cm³/mol. The predicted octanol–water partition coefficient (Wildman–Crippen LogP) is 0.972. The smallest absolute Gasteiger partial charge is 0.335 e. The molecule has 0 spiro atoms. The summed E-state index contributed by atoms with van der Waals surface area (Å²) in [5, 5.41) is 11.8. The van der Waals surface area contributed by atoms with E-state index in [4.69, 9.17) is 5.11 Å². The molecule has 1 aliphatic heterocycles. The second kappa shape index (κ2) is 3.48. The number of carboxylic acids is 1. The molecular formula is C10H11NO4S. The van der Waals surface area contributed by atoms with Crippen LogP contribution in [0.2, 0.25) is 0 Å². The standard InChI is InChI=1S/C10H11NO4S/c1-6-5-16(14,15)9-3-2-7(10(12)13)4-8(9)11-6/h2-4,6,11H,5H2,1H3,(H,12,13). The van der Waals surface area contributed by atoms with Crippen LogP contribution < -0.4 is 5.32 Å². The first-order chi connectivity index (χ1) is 7.40. The van der Waals surface area contributed by atoms with Gasteiger partial charge < -0.3 is 10.4 Å². The fourth-order valence-electron chi connectivity index (χ4n) is 1.77. The minimum atomic E-state index is -3.29. The molecule has 5 nitrogen and oxygen atoms in total. The second-order valence-electron chi connectivity index (χ2n) is 3.84. The lowest BCUT2D eigenvalue weighted by Gasteiger charge is -2.24. The van der Waals surface area contributed by atoms with Gasteiger partial charge in [0.15, 0.2) is 9.84 Å². The van der Waals surface area contributed by atoms with Crippen LogP contribution in [-0.4, -0.2) is 31.3 Å². The van der Waals surface area contributed by atoms with Crippen molar-refractivity contribution in [3.63, 3.8) is 0 Å². The molecule has 0 fully saturated rings. The number of rotatable bonds is 1. The van der Waals surface area contributed by atoms with Crippen LogP contribution in [-0.2, 0) is 9.84 Å². The summed E-state index contributed by atoms with van der Waals surface area (Å²) >= 11 is 0. The Balaban J connectivity index is 2.60. The molecule has 2 rings (SSSR count). The maximum Gasteiger partial charge on any atom is 0.335 e. The molecule has 1 aromatic carbocycles. The van der Waals surface area contributed by atoms with Crippen molar-refractivity contribution in [1.82, 2.24) is 0 Å². The topological polar surface area (TPSA) is 83.5 Å². The van der Waals surface area contributed by atoms with E-state index in [0.717, 1.165) is 0 Å². The minimum absolute atomic E-state index is 0.0341. The van der Waals surface area contributed by atoms with Gasteiger partial charge in [-0.1, -0.05) is 0 Å². The van der Waals surface area contributed by atoms with Crippen molar-refractivity contribution in [2.75, 3.05) is 11.1 Å². The van der Waals surface area contributed by atoms with Crippen molar-refractivity contribution in [3.05, 3.63) is 23.8 Å². The number of nitrogens with one attached hydrogen (secondary N) is 1. The molecule has 0 saturated carbocycles. The van der Waals surface area contributed by atoms with Crippen molar-refractivity contribution in [2.24, 2.45) is 0 Å². The van der Waals surface area contributed by atoms with E-state index >= 15 is 0 Å². The molecule has 0 aliphatic carbocycles. The molecule has 1 aliphatic rings. The third-order valence-corrected chi connectivity index (χ3v) is 4.40. The zero-order valence-electron chi connectivity index (χ0n) is 8.60. The first kappa shape index (κ1) is 10.9. The summed E-state index contributed by atoms with van der Waals surface area (Å²) < 4.78 is 23.6. The summed E-state index contributed by atoms with van der Waals surface area (Å²) in [5.41, 5.74) is 0.453. The number of carbonyl (C=O) groups is 1. The van der Waals surface area contributed by atoms with Crippen molar-refractivity contribution in [2.45, 2.75) is 17.9 Å². The lowest BCUT2D eigenvalue weighted by atomic mass is 10.2. The number of hydrogen-bond donors (Lipinski definition) is 2. The number of carboxylic acid groups (broad SMARTS) is 1. The zero-order valence-corrected chi connectivity index (χ0v) is 9.41. The van der Waals surface area contributed by atoms with E-state index in [9.17, 15) is 13.2 Å². The van der Waals surface area contributed by atoms with E-state index in [0.29, 0.717) is 5.69 Å². The fourth-order valence-corrected chi connectivity index (χ4v) is 3.42. The van der Waals surface area contributed by atoms with Gasteiger partial charge in [0, 0.05) is 6.04 Å². The Kier molecular flexibility index (Phi) is 2.38. The van der Waals surface area contributed by atoms with Gasteiger partial charge in [-0.3, -0.25) is 0 Å². The van der Waals surface area contributed by atoms with Crippen molar-refractivity contribution < 1.29 is 18.3 Å². The highest BCUT2D eigenvalue weighted by Crippen LogP contribution is 2.29. The van der Waals surface area contributed by atoms with E-state index in [-0.39, 0.29) is 22.3 Å². The highest BCUT2D eigenvalue weighted by Gasteiger charge is 2.28. The van der Waals surface area contributed by atoms with E-state index in [2.05, 4.69) is 5.32 Å². The summed E-state index contributed by atoms with van der Waals surface area (Å²) in [7, 11) is -3.29. The number of aromatic carboxylic acids is 1. The van der Waals surface area contributed by atoms with E-state index < -0.39 is 15.8 Å². The van der Waals surface area contributed by atoms with Crippen molar-refractivity contribution >= 4 is 21.5 Å². The molecule has 86 valence electrons. The number of anilines is 1. The summed E-state index contributed by atoms with van der Waals surface area (Å²) in [6, 6.07) is 3.79. The number of hydrogen-bond acceptors (Lipinski definition) is 4. The molecule has 1 atom stereocenters. The maximum absolute atomic E-state index is 11.8. The zero-order chi connectivity index (χ0) is 11.9. The molecule has 0 aromatic heterocycles. The largest absolute Gasteiger partial charge is 0.478 e. The van der Waals surface area contributed by atoms with Crippen LogP contribution in [0.4, 0.5) is 5.69 Å². The summed E-state index contributed by atoms with van der Waals surface area (Å²) in [4.78, 5) is 10.9. The Morgan fingerprint density at radius 3 is 2.81 bits per heavy atom. The Morgan fingerprint density at radius 1 is 1.50 bits per heavy atom. The highest BCUT2D eigenvalue weighted by atomic mass is 32.2. The van der Waals surface area contributed by atoms with Crippen LogP contribution in [0.3, 0.4) is 0 Å². The summed E-state index contributed by atoms with van der Waals surface area (Å²) in [6.45, 7) is 1.74. The molecule has 0 radical (unpaired) electrons. The summed E-state index contributed by atoms with van der Waals surface area (Å²) in [6.07, 6.45) is 0. The monoisotopic (exact) mass is 241 g/mol. The Labute approximate surface area is 93.0 Å². The third-order valence-electron chi connectivity index (χ3n) is 2.43. The number of benzene rings is 1. The lowest BCUT2D eigenvalue weighted by molar-refractivity contribution is 0.0697. The van der Waals surface area contributed by atoms with Crippen LogP contribution in [0.5, 0.6) is 0 Å². The van der Waals surface area contributed by atoms with Crippen molar-refractivity contribution in [3.8, 4) is 0 Å². The maximum atomic E-state index is 11.8. The van der Waals surface area contributed by atoms with Gasteiger partial charge in [-0.2, -0.15) is 0 Å². The van der Waals surface area contributed by atoms with Crippen molar-refractivity contribution in [1.29, 1.82) is 0 Å². The quantitative estimate of drug-likeness (QED) is 0.765. The lowest BCUT2D eigenvalue weighted by Crippen LogP contribution is -2.31. The molecule has 6 heteroatoms. The first-order valence-electron chi connectivity index (χ1n) is 4.77. The third kappa shape index (κ3) is 1.76. The molecule has 1 heterocycles. The van der Waals surface area contributed by atoms with E-state index in [1.807, 2.05) is 0 Å². The normalized spacial score (nSPS) is 21.9. The van der Waals surface area contributed by atoms with Crippen LogP contribution in [0.25, 0.3) is 0 Å². The van der Waals surface area contributed by atoms with Gasteiger partial charge in [0.05, 0.1) is 21.9 Å². The second-order valence-corrected chi connectivity index (χ2v) is 5.85. The van der Waals surface area contributed by atoms with Gasteiger partial charge >= 0.3 is 5.97 Å². The van der Waals surface area contributed by atoms with Crippen LogP contribution in [0.15, 0.2) is 23.1 Å². The van der Waals surface area contributed by atoms with E-state index in [1.54, 1.807) is 6.92 Å². The average molecular weight is 241 g/mol. The Hall–Kier alpha value is -1.56. The van der Waals surface area contributed by atoms with Crippen LogP contribution >= 0.6 is 0 Å². The average Bonchev–Trinajstić information content (AvgIpc) is 2.14. The van der Waals surface area contributed by atoms with Gasteiger partial charge in [0.1, 0.15) is 0 Å². The summed E-state index contributed by atoms with van der Waals surface area (Å²) in [5.74, 6) is -1.04. The molecular weight excluding hydrogens is 230 g/mol. The molecule has 1 aromatic rings. The molecule has 0 bridgehead atoms. The molecule has 16 heavy (non-hydrogen) atoms. The number of fused-ring (bicyclic) bond motifs is 1. The Bertz CT molecular complexity index is 550. The van der Waals surface area contributed by atoms with Gasteiger partial charge in [-0.05, 0) is 25.1 Å². The SMILES string of the molecule is CC1CS(=O)(=O)c2ccc(C(=O)O)cc2N1. The first-order valence-corrected chi connectivity index (χ1v) is 6.42. The van der Waals surface area contributed by atoms with Gasteiger partial charge in [0.2, 0.25) is 0 Å². The van der Waals surface area contributed by atoms with Gasteiger partial charge in [0.25, 0.3) is 0 Å². The fraction of sp³-hybridized carbons (Fsp3) is 0.300. The Morgan fingerprint density at radius 2 is 2.19 bits per heavy atom. The van der Waals surface area contributed by atoms with Gasteiger partial charge in [-0.25, -0.2) is 13.2 Å².